The van der Waals surface area contributed by atoms with Crippen LogP contribution >= 0.6 is 0 Å². The fourth-order valence-corrected chi connectivity index (χ4v) is 11.2. The first kappa shape index (κ1) is 77.8. The van der Waals surface area contributed by atoms with Gasteiger partial charge in [0.1, 0.15) is 0 Å². The molecule has 0 fully saturated rings. The maximum atomic E-state index is 12.6. The van der Waals surface area contributed by atoms with Crippen LogP contribution in [0.1, 0.15) is 386 Å². The third-order valence-electron chi connectivity index (χ3n) is 16.6. The summed E-state index contributed by atoms with van der Waals surface area (Å²) in [6.45, 7) is 4.85. The molecular formula is C74H139NO5. The monoisotopic (exact) mass is 1120 g/mol. The largest absolute Gasteiger partial charge is 0.465 e. The molecule has 0 saturated carbocycles. The zero-order valence-electron chi connectivity index (χ0n) is 53.8. The summed E-state index contributed by atoms with van der Waals surface area (Å²) in [6, 6.07) is -0.548. The molecule has 2 atom stereocenters. The highest BCUT2D eigenvalue weighted by molar-refractivity contribution is 5.76. The summed E-state index contributed by atoms with van der Waals surface area (Å²) in [4.78, 5) is 24.6. The first-order valence-electron chi connectivity index (χ1n) is 35.9. The summed E-state index contributed by atoms with van der Waals surface area (Å²) >= 11 is 0. The topological polar surface area (TPSA) is 95.9 Å². The van der Waals surface area contributed by atoms with Crippen molar-refractivity contribution in [3.8, 4) is 0 Å². The number of ether oxygens (including phenoxy) is 1. The van der Waals surface area contributed by atoms with Gasteiger partial charge in [-0.15, -0.1) is 0 Å². The fraction of sp³-hybridized carbons (Fsp3) is 0.865. The van der Waals surface area contributed by atoms with Crippen molar-refractivity contribution in [2.75, 3.05) is 13.2 Å². The molecule has 6 nitrogen and oxygen atoms in total. The number of amides is 1. The van der Waals surface area contributed by atoms with Crippen molar-refractivity contribution in [2.45, 2.75) is 398 Å². The highest BCUT2D eigenvalue weighted by Gasteiger charge is 2.20. The SMILES string of the molecule is CCCCC/C=C\C/C=C\CCCCCCCCCCCC(=O)OCC/C=C\C/C=C\CCCCCCCCCCCCCCCCC(=O)NC(CO)C(O)CCCCCCCCCCCCCCCCCCCCCCCCC. The number of unbranched alkanes of at least 4 members (excludes halogenated alkanes) is 48. The van der Waals surface area contributed by atoms with Gasteiger partial charge in [0.25, 0.3) is 0 Å². The Labute approximate surface area is 499 Å². The number of hydrogen-bond acceptors (Lipinski definition) is 5. The van der Waals surface area contributed by atoms with Crippen LogP contribution < -0.4 is 5.32 Å². The fourth-order valence-electron chi connectivity index (χ4n) is 11.2. The van der Waals surface area contributed by atoms with Crippen LogP contribution in [0, 0.1) is 0 Å². The zero-order chi connectivity index (χ0) is 57.8. The Morgan fingerprint density at radius 3 is 0.975 bits per heavy atom. The van der Waals surface area contributed by atoms with Gasteiger partial charge in [-0.05, 0) is 77.0 Å². The van der Waals surface area contributed by atoms with Crippen LogP contribution in [0.15, 0.2) is 48.6 Å². The molecule has 3 N–H and O–H groups in total. The van der Waals surface area contributed by atoms with Gasteiger partial charge in [-0.3, -0.25) is 9.59 Å². The Bertz CT molecular complexity index is 1340. The molecule has 80 heavy (non-hydrogen) atoms. The average Bonchev–Trinajstić information content (AvgIpc) is 3.46. The lowest BCUT2D eigenvalue weighted by molar-refractivity contribution is -0.143. The van der Waals surface area contributed by atoms with Crippen molar-refractivity contribution in [1.29, 1.82) is 0 Å². The number of aliphatic hydroxyl groups is 2. The minimum atomic E-state index is -0.670. The molecule has 0 bridgehead atoms. The quantitative estimate of drug-likeness (QED) is 0.0320. The second-order valence-corrected chi connectivity index (χ2v) is 24.6. The number of nitrogens with one attached hydrogen (secondary N) is 1. The predicted octanol–water partition coefficient (Wildman–Crippen LogP) is 23.3. The molecule has 0 heterocycles. The lowest BCUT2D eigenvalue weighted by atomic mass is 10.0. The molecule has 0 spiro atoms. The van der Waals surface area contributed by atoms with Gasteiger partial charge >= 0.3 is 5.97 Å². The van der Waals surface area contributed by atoms with Gasteiger partial charge < -0.3 is 20.3 Å². The van der Waals surface area contributed by atoms with E-state index in [1.165, 1.54) is 295 Å². The number of rotatable bonds is 67. The van der Waals surface area contributed by atoms with Crippen molar-refractivity contribution in [2.24, 2.45) is 0 Å². The lowest BCUT2D eigenvalue weighted by Gasteiger charge is -2.22. The van der Waals surface area contributed by atoms with Gasteiger partial charge in [0.05, 0.1) is 25.4 Å². The van der Waals surface area contributed by atoms with Gasteiger partial charge in [-0.25, -0.2) is 0 Å². The van der Waals surface area contributed by atoms with E-state index in [2.05, 4.69) is 67.8 Å². The summed E-state index contributed by atoms with van der Waals surface area (Å²) in [6.07, 6.45) is 90.3. The molecule has 6 heteroatoms. The van der Waals surface area contributed by atoms with Crippen LogP contribution in [0.3, 0.4) is 0 Å². The van der Waals surface area contributed by atoms with Gasteiger partial charge in [0.2, 0.25) is 5.91 Å². The normalized spacial score (nSPS) is 12.8. The number of aliphatic hydroxyl groups excluding tert-OH is 2. The number of carbonyl (C=O) groups excluding carboxylic acids is 2. The third kappa shape index (κ3) is 65.0. The molecule has 0 saturated heterocycles. The maximum absolute atomic E-state index is 12.6. The van der Waals surface area contributed by atoms with Crippen LogP contribution in [-0.2, 0) is 14.3 Å². The summed E-state index contributed by atoms with van der Waals surface area (Å²) < 4.78 is 5.44. The highest BCUT2D eigenvalue weighted by atomic mass is 16.5. The molecule has 0 aliphatic carbocycles. The van der Waals surface area contributed by atoms with E-state index in [0.29, 0.717) is 25.9 Å². The Morgan fingerprint density at radius 1 is 0.350 bits per heavy atom. The molecule has 0 aliphatic rings. The van der Waals surface area contributed by atoms with Gasteiger partial charge in [0, 0.05) is 12.8 Å². The second kappa shape index (κ2) is 69.3. The van der Waals surface area contributed by atoms with Gasteiger partial charge in [-0.2, -0.15) is 0 Å². The Morgan fingerprint density at radius 2 is 0.625 bits per heavy atom. The van der Waals surface area contributed by atoms with Crippen LogP contribution in [0.5, 0.6) is 0 Å². The van der Waals surface area contributed by atoms with E-state index in [1.807, 2.05) is 0 Å². The van der Waals surface area contributed by atoms with Crippen LogP contribution in [-0.4, -0.2) is 47.4 Å². The predicted molar refractivity (Wildman–Crippen MR) is 352 cm³/mol. The second-order valence-electron chi connectivity index (χ2n) is 24.6. The summed E-state index contributed by atoms with van der Waals surface area (Å²) in [7, 11) is 0. The molecule has 0 aliphatic heterocycles. The summed E-state index contributed by atoms with van der Waals surface area (Å²) in [5, 5.41) is 23.4. The van der Waals surface area contributed by atoms with E-state index in [4.69, 9.17) is 4.74 Å². The van der Waals surface area contributed by atoms with Gasteiger partial charge in [-0.1, -0.05) is 345 Å². The highest BCUT2D eigenvalue weighted by Crippen LogP contribution is 2.19. The van der Waals surface area contributed by atoms with Gasteiger partial charge in [0.15, 0.2) is 0 Å². The standard InChI is InChI=1S/C74H139NO5/c1-3-5-7-9-11-13-15-17-19-21-23-24-25-27-31-34-38-42-46-50-54-58-62-66-72(77)71(70-76)75-73(78)67-63-59-55-51-47-43-39-35-32-28-26-29-33-37-41-45-49-53-57-61-65-69-80-74(79)68-64-60-56-52-48-44-40-36-30-22-20-18-16-14-12-10-8-6-4-2/h12,14,18,20,45,49,57,61,71-72,76-77H,3-11,13,15-17,19,21-44,46-48,50-56,58-60,62-70H2,1-2H3,(H,75,78)/b14-12-,20-18-,49-45-,61-57-. The summed E-state index contributed by atoms with van der Waals surface area (Å²) in [5.74, 6) is -0.0745. The maximum Gasteiger partial charge on any atom is 0.305 e. The van der Waals surface area contributed by atoms with Crippen molar-refractivity contribution >= 4 is 11.9 Å². The number of hydrogen-bond donors (Lipinski definition) is 3. The number of carbonyl (C=O) groups is 2. The van der Waals surface area contributed by atoms with E-state index in [9.17, 15) is 19.8 Å². The van der Waals surface area contributed by atoms with Crippen molar-refractivity contribution in [1.82, 2.24) is 5.32 Å². The molecule has 0 rings (SSSR count). The Balaban J connectivity index is 3.44. The first-order valence-corrected chi connectivity index (χ1v) is 35.9. The minimum Gasteiger partial charge on any atom is -0.465 e. The third-order valence-corrected chi connectivity index (χ3v) is 16.6. The van der Waals surface area contributed by atoms with Crippen LogP contribution in [0.2, 0.25) is 0 Å². The van der Waals surface area contributed by atoms with Crippen molar-refractivity contribution in [3.05, 3.63) is 48.6 Å². The molecule has 470 valence electrons. The molecule has 0 aromatic carbocycles. The molecule has 0 aromatic heterocycles. The van der Waals surface area contributed by atoms with Crippen LogP contribution in [0.4, 0.5) is 0 Å². The lowest BCUT2D eigenvalue weighted by Crippen LogP contribution is -2.45. The van der Waals surface area contributed by atoms with Crippen molar-refractivity contribution < 1.29 is 24.5 Å². The first-order chi connectivity index (χ1) is 39.5. The van der Waals surface area contributed by atoms with Crippen LogP contribution in [0.25, 0.3) is 0 Å². The zero-order valence-corrected chi connectivity index (χ0v) is 53.8. The Kier molecular flexibility index (Phi) is 67.4. The van der Waals surface area contributed by atoms with E-state index < -0.39 is 12.1 Å². The molecule has 2 unspecified atom stereocenters. The number of allylic oxidation sites excluding steroid dienone is 7. The molecular weight excluding hydrogens is 983 g/mol. The average molecular weight is 1120 g/mol. The van der Waals surface area contributed by atoms with E-state index in [-0.39, 0.29) is 18.5 Å². The molecule has 1 amide bonds. The van der Waals surface area contributed by atoms with Crippen molar-refractivity contribution in [3.63, 3.8) is 0 Å². The molecule has 0 aromatic rings. The van der Waals surface area contributed by atoms with E-state index >= 15 is 0 Å². The Hall–Kier alpha value is -2.18. The minimum absolute atomic E-state index is 0.0361. The number of esters is 1. The molecule has 0 radical (unpaired) electrons. The smallest absolute Gasteiger partial charge is 0.305 e. The summed E-state index contributed by atoms with van der Waals surface area (Å²) in [5.41, 5.74) is 0. The van der Waals surface area contributed by atoms with E-state index in [0.717, 1.165) is 57.8 Å². The van der Waals surface area contributed by atoms with E-state index in [1.54, 1.807) is 0 Å².